The molecule has 1 aliphatic heterocycles. The molecule has 0 spiro atoms. The van der Waals surface area contributed by atoms with Crippen molar-refractivity contribution in [3.63, 3.8) is 0 Å². The Morgan fingerprint density at radius 3 is 2.04 bits per heavy atom. The van der Waals surface area contributed by atoms with Crippen LogP contribution in [0.15, 0.2) is 97.1 Å². The molecule has 0 saturated carbocycles. The lowest BCUT2D eigenvalue weighted by Gasteiger charge is -2.25. The molecule has 0 fully saturated rings. The summed E-state index contributed by atoms with van der Waals surface area (Å²) in [6.45, 7) is 0. The van der Waals surface area contributed by atoms with Crippen LogP contribution in [-0.2, 0) is 11.2 Å². The monoisotopic (exact) mass is 340 g/mol. The summed E-state index contributed by atoms with van der Waals surface area (Å²) in [4.78, 5) is 13.0. The van der Waals surface area contributed by atoms with Crippen LogP contribution in [0.4, 0.5) is 0 Å². The van der Waals surface area contributed by atoms with Gasteiger partial charge in [0, 0.05) is 0 Å². The first-order valence-corrected chi connectivity index (χ1v) is 8.76. The molecule has 1 N–H and O–H groups in total. The van der Waals surface area contributed by atoms with Gasteiger partial charge in [0.05, 0.1) is 18.2 Å². The van der Waals surface area contributed by atoms with Gasteiger partial charge < -0.3 is 0 Å². The second-order valence-electron chi connectivity index (χ2n) is 6.34. The first kappa shape index (κ1) is 16.2. The molecule has 4 rings (SSSR count). The Labute approximate surface area is 153 Å². The standard InChI is InChI=1S/C23H20N2O/c26-23(16-18-10-4-1-5-11-18)25-22(20-14-8-3-9-15-20)17-21(24-25)19-12-6-2-7-13-19/h1-15,17,22,24H,16H2. The highest BCUT2D eigenvalue weighted by molar-refractivity contribution is 5.82. The van der Waals surface area contributed by atoms with Gasteiger partial charge in [-0.25, -0.2) is 5.01 Å². The average Bonchev–Trinajstić information content (AvgIpc) is 3.16. The van der Waals surface area contributed by atoms with E-state index in [1.54, 1.807) is 5.01 Å². The van der Waals surface area contributed by atoms with Crippen LogP contribution in [-0.4, -0.2) is 10.9 Å². The van der Waals surface area contributed by atoms with Crippen molar-refractivity contribution in [1.29, 1.82) is 0 Å². The predicted octanol–water partition coefficient (Wildman–Crippen LogP) is 4.36. The van der Waals surface area contributed by atoms with Crippen LogP contribution in [0.1, 0.15) is 22.7 Å². The van der Waals surface area contributed by atoms with Crippen LogP contribution < -0.4 is 5.43 Å². The Kier molecular flexibility index (Phi) is 4.52. The summed E-state index contributed by atoms with van der Waals surface area (Å²) in [6, 6.07) is 29.9. The zero-order chi connectivity index (χ0) is 17.8. The Morgan fingerprint density at radius 2 is 1.38 bits per heavy atom. The SMILES string of the molecule is O=C(Cc1ccccc1)N1NC(c2ccccc2)=CC1c1ccccc1. The molecule has 1 amide bonds. The van der Waals surface area contributed by atoms with E-state index in [9.17, 15) is 4.79 Å². The maximum atomic E-state index is 13.0. The average molecular weight is 340 g/mol. The highest BCUT2D eigenvalue weighted by Gasteiger charge is 2.30. The van der Waals surface area contributed by atoms with Crippen LogP contribution in [0.3, 0.4) is 0 Å². The molecule has 1 atom stereocenters. The quantitative estimate of drug-likeness (QED) is 0.765. The molecule has 128 valence electrons. The molecular weight excluding hydrogens is 320 g/mol. The second kappa shape index (κ2) is 7.28. The summed E-state index contributed by atoms with van der Waals surface area (Å²) in [7, 11) is 0. The first-order valence-electron chi connectivity index (χ1n) is 8.76. The van der Waals surface area contributed by atoms with Gasteiger partial charge >= 0.3 is 0 Å². The Balaban J connectivity index is 1.63. The Morgan fingerprint density at radius 1 is 0.808 bits per heavy atom. The van der Waals surface area contributed by atoms with Crippen molar-refractivity contribution >= 4 is 11.6 Å². The summed E-state index contributed by atoms with van der Waals surface area (Å²) in [6.07, 6.45) is 2.49. The Bertz CT molecular complexity index is 905. The molecule has 0 radical (unpaired) electrons. The van der Waals surface area contributed by atoms with Crippen molar-refractivity contribution < 1.29 is 4.79 Å². The van der Waals surface area contributed by atoms with Crippen molar-refractivity contribution in [2.45, 2.75) is 12.5 Å². The minimum Gasteiger partial charge on any atom is -0.295 e. The topological polar surface area (TPSA) is 32.3 Å². The zero-order valence-corrected chi connectivity index (χ0v) is 14.4. The van der Waals surface area contributed by atoms with Crippen molar-refractivity contribution in [3.8, 4) is 0 Å². The fourth-order valence-electron chi connectivity index (χ4n) is 3.22. The number of hydrazine groups is 1. The van der Waals surface area contributed by atoms with Gasteiger partial charge in [-0.1, -0.05) is 91.0 Å². The molecule has 1 heterocycles. The molecule has 1 aliphatic rings. The molecule has 0 aromatic heterocycles. The molecule has 0 aliphatic carbocycles. The van der Waals surface area contributed by atoms with E-state index in [2.05, 4.69) is 23.6 Å². The fraction of sp³-hybridized carbons (Fsp3) is 0.0870. The molecule has 3 heteroatoms. The van der Waals surface area contributed by atoms with Crippen LogP contribution in [0.5, 0.6) is 0 Å². The van der Waals surface area contributed by atoms with Gasteiger partial charge in [-0.3, -0.25) is 10.2 Å². The lowest BCUT2D eigenvalue weighted by atomic mass is 10.0. The fourth-order valence-corrected chi connectivity index (χ4v) is 3.22. The first-order chi connectivity index (χ1) is 12.8. The van der Waals surface area contributed by atoms with Gasteiger partial charge in [0.1, 0.15) is 0 Å². The highest BCUT2D eigenvalue weighted by atomic mass is 16.2. The van der Waals surface area contributed by atoms with E-state index >= 15 is 0 Å². The number of nitrogens with one attached hydrogen (secondary N) is 1. The lowest BCUT2D eigenvalue weighted by molar-refractivity contribution is -0.133. The van der Waals surface area contributed by atoms with E-state index in [0.717, 1.165) is 22.4 Å². The Hall–Kier alpha value is -3.33. The molecule has 3 aromatic rings. The van der Waals surface area contributed by atoms with Crippen LogP contribution >= 0.6 is 0 Å². The smallest absolute Gasteiger partial charge is 0.246 e. The number of hydrogen-bond acceptors (Lipinski definition) is 2. The van der Waals surface area contributed by atoms with Crippen molar-refractivity contribution in [2.75, 3.05) is 0 Å². The number of benzene rings is 3. The second-order valence-corrected chi connectivity index (χ2v) is 6.34. The normalized spacial score (nSPS) is 16.1. The van der Waals surface area contributed by atoms with E-state index in [1.807, 2.05) is 78.9 Å². The summed E-state index contributed by atoms with van der Waals surface area (Å²) in [5.41, 5.74) is 7.46. The van der Waals surface area contributed by atoms with Crippen LogP contribution in [0.25, 0.3) is 5.70 Å². The molecule has 26 heavy (non-hydrogen) atoms. The third kappa shape index (κ3) is 3.38. The van der Waals surface area contributed by atoms with E-state index in [-0.39, 0.29) is 11.9 Å². The van der Waals surface area contributed by atoms with Crippen molar-refractivity contribution in [2.24, 2.45) is 0 Å². The number of carbonyl (C=O) groups excluding carboxylic acids is 1. The van der Waals surface area contributed by atoms with Gasteiger partial charge in [-0.15, -0.1) is 0 Å². The van der Waals surface area contributed by atoms with Gasteiger partial charge in [0.25, 0.3) is 0 Å². The van der Waals surface area contributed by atoms with E-state index in [1.165, 1.54) is 0 Å². The third-order valence-corrected chi connectivity index (χ3v) is 4.54. The van der Waals surface area contributed by atoms with Crippen LogP contribution in [0.2, 0.25) is 0 Å². The largest absolute Gasteiger partial charge is 0.295 e. The molecular formula is C23H20N2O. The van der Waals surface area contributed by atoms with Crippen LogP contribution in [0, 0.1) is 0 Å². The number of carbonyl (C=O) groups is 1. The third-order valence-electron chi connectivity index (χ3n) is 4.54. The summed E-state index contributed by atoms with van der Waals surface area (Å²) in [5.74, 6) is 0.0484. The summed E-state index contributed by atoms with van der Waals surface area (Å²) >= 11 is 0. The molecule has 3 nitrogen and oxygen atoms in total. The summed E-state index contributed by atoms with van der Waals surface area (Å²) in [5, 5.41) is 1.74. The van der Waals surface area contributed by atoms with Crippen molar-refractivity contribution in [3.05, 3.63) is 114 Å². The van der Waals surface area contributed by atoms with E-state index in [0.29, 0.717) is 6.42 Å². The number of nitrogens with zero attached hydrogens (tertiary/aromatic N) is 1. The molecule has 0 saturated heterocycles. The minimum absolute atomic E-state index is 0.0484. The van der Waals surface area contributed by atoms with Gasteiger partial charge in [-0.05, 0) is 22.8 Å². The zero-order valence-electron chi connectivity index (χ0n) is 14.4. The molecule has 0 bridgehead atoms. The van der Waals surface area contributed by atoms with Crippen molar-refractivity contribution in [1.82, 2.24) is 10.4 Å². The maximum Gasteiger partial charge on any atom is 0.246 e. The van der Waals surface area contributed by atoms with Gasteiger partial charge in [0.2, 0.25) is 5.91 Å². The maximum absolute atomic E-state index is 13.0. The molecule has 3 aromatic carbocycles. The number of hydrogen-bond donors (Lipinski definition) is 1. The minimum atomic E-state index is -0.123. The van der Waals surface area contributed by atoms with Gasteiger partial charge in [-0.2, -0.15) is 0 Å². The molecule has 1 unspecified atom stereocenters. The lowest BCUT2D eigenvalue weighted by Crippen LogP contribution is -2.40. The van der Waals surface area contributed by atoms with Gasteiger partial charge in [0.15, 0.2) is 0 Å². The van der Waals surface area contributed by atoms with E-state index in [4.69, 9.17) is 0 Å². The summed E-state index contributed by atoms with van der Waals surface area (Å²) < 4.78 is 0. The number of amides is 1. The highest BCUT2D eigenvalue weighted by Crippen LogP contribution is 2.31. The van der Waals surface area contributed by atoms with E-state index < -0.39 is 0 Å². The predicted molar refractivity (Wildman–Crippen MR) is 104 cm³/mol. The number of rotatable bonds is 4.